The maximum Gasteiger partial charge on any atom is 0.307 e. The van der Waals surface area contributed by atoms with E-state index in [1.165, 1.54) is 7.11 Å². The maximum absolute atomic E-state index is 10.9. The van der Waals surface area contributed by atoms with E-state index in [0.29, 0.717) is 6.42 Å². The Labute approximate surface area is 73.8 Å². The molecule has 0 rings (SSSR count). The van der Waals surface area contributed by atoms with Crippen LogP contribution in [0.25, 0.3) is 0 Å². The highest BCUT2D eigenvalue weighted by Crippen LogP contribution is 2.08. The van der Waals surface area contributed by atoms with Crippen molar-refractivity contribution in [3.05, 3.63) is 0 Å². The van der Waals surface area contributed by atoms with Crippen molar-refractivity contribution in [3.63, 3.8) is 0 Å². The maximum atomic E-state index is 10.9. The predicted molar refractivity (Wildman–Crippen MR) is 47.5 cm³/mol. The fourth-order valence-electron chi connectivity index (χ4n) is 1.08. The number of methoxy groups -OCH3 is 1. The van der Waals surface area contributed by atoms with Crippen molar-refractivity contribution in [1.82, 2.24) is 10.4 Å². The zero-order chi connectivity index (χ0) is 9.78. The van der Waals surface area contributed by atoms with Crippen LogP contribution < -0.4 is 5.43 Å². The first kappa shape index (κ1) is 11.4. The van der Waals surface area contributed by atoms with Crippen molar-refractivity contribution in [2.24, 2.45) is 0 Å². The lowest BCUT2D eigenvalue weighted by Crippen LogP contribution is -2.48. The van der Waals surface area contributed by atoms with Crippen LogP contribution in [0.2, 0.25) is 0 Å². The molecular weight excluding hydrogens is 156 g/mol. The van der Waals surface area contributed by atoms with Gasteiger partial charge in [-0.1, -0.05) is 0 Å². The van der Waals surface area contributed by atoms with Crippen LogP contribution in [0, 0.1) is 0 Å². The Bertz CT molecular complexity index is 155. The Morgan fingerprint density at radius 3 is 2.33 bits per heavy atom. The van der Waals surface area contributed by atoms with Gasteiger partial charge in [-0.3, -0.25) is 9.80 Å². The Balaban J connectivity index is 3.94. The molecule has 0 atom stereocenters. The third kappa shape index (κ3) is 5.09. The van der Waals surface area contributed by atoms with E-state index < -0.39 is 0 Å². The molecule has 1 N–H and O–H groups in total. The first-order chi connectivity index (χ1) is 5.37. The molecule has 0 amide bonds. The quantitative estimate of drug-likeness (QED) is 0.494. The van der Waals surface area contributed by atoms with E-state index in [0.717, 1.165) is 0 Å². The molecule has 0 fully saturated rings. The number of hydrogen-bond acceptors (Lipinski definition) is 4. The highest BCUT2D eigenvalue weighted by Gasteiger charge is 2.22. The van der Waals surface area contributed by atoms with E-state index >= 15 is 0 Å². The molecule has 0 radical (unpaired) electrons. The predicted octanol–water partition coefficient (Wildman–Crippen LogP) is 0.394. The molecule has 0 saturated carbocycles. The van der Waals surface area contributed by atoms with Gasteiger partial charge in [-0.05, 0) is 13.8 Å². The smallest absolute Gasteiger partial charge is 0.307 e. The van der Waals surface area contributed by atoms with Crippen LogP contribution in [-0.2, 0) is 9.53 Å². The summed E-state index contributed by atoms with van der Waals surface area (Å²) < 4.78 is 4.57. The van der Waals surface area contributed by atoms with E-state index in [9.17, 15) is 4.79 Å². The summed E-state index contributed by atoms with van der Waals surface area (Å²) in [5, 5.41) is 1.82. The minimum Gasteiger partial charge on any atom is -0.469 e. The molecular formula is C8H18N2O2. The average molecular weight is 174 g/mol. The summed E-state index contributed by atoms with van der Waals surface area (Å²) in [6.45, 7) is 3.90. The minimum atomic E-state index is -0.253. The first-order valence-corrected chi connectivity index (χ1v) is 3.89. The number of carbonyl (C=O) groups excluding carboxylic acids is 1. The van der Waals surface area contributed by atoms with Crippen molar-refractivity contribution in [1.29, 1.82) is 0 Å². The molecule has 0 unspecified atom stereocenters. The molecule has 0 aromatic carbocycles. The normalized spacial score (nSPS) is 11.8. The van der Waals surface area contributed by atoms with Gasteiger partial charge in [0.1, 0.15) is 0 Å². The fraction of sp³-hybridized carbons (Fsp3) is 0.875. The highest BCUT2D eigenvalue weighted by atomic mass is 16.5. The minimum absolute atomic E-state index is 0.200. The van der Waals surface area contributed by atoms with E-state index in [1.54, 1.807) is 0 Å². The monoisotopic (exact) mass is 174 g/mol. The lowest BCUT2D eigenvalue weighted by atomic mass is 10.0. The second-order valence-electron chi connectivity index (χ2n) is 3.64. The summed E-state index contributed by atoms with van der Waals surface area (Å²) in [5.74, 6) is -0.200. The van der Waals surface area contributed by atoms with Gasteiger partial charge in [-0.15, -0.1) is 0 Å². The molecule has 0 aromatic rings. The van der Waals surface area contributed by atoms with Crippen molar-refractivity contribution in [2.75, 3.05) is 21.2 Å². The number of ether oxygens (including phenoxy) is 1. The van der Waals surface area contributed by atoms with Gasteiger partial charge in [0, 0.05) is 19.6 Å². The third-order valence-electron chi connectivity index (χ3n) is 1.34. The topological polar surface area (TPSA) is 41.6 Å². The number of hydrogen-bond donors (Lipinski definition) is 1. The highest BCUT2D eigenvalue weighted by molar-refractivity contribution is 5.70. The fourth-order valence-corrected chi connectivity index (χ4v) is 1.08. The van der Waals surface area contributed by atoms with Crippen LogP contribution in [0.15, 0.2) is 0 Å². The number of nitrogens with one attached hydrogen (secondary N) is 1. The summed E-state index contributed by atoms with van der Waals surface area (Å²) >= 11 is 0. The van der Waals surface area contributed by atoms with Crippen LogP contribution in [0.1, 0.15) is 20.3 Å². The molecule has 0 heterocycles. The summed E-state index contributed by atoms with van der Waals surface area (Å²) in [6.07, 6.45) is 0.363. The molecule has 0 saturated heterocycles. The number of hydrazine groups is 1. The van der Waals surface area contributed by atoms with Gasteiger partial charge < -0.3 is 4.74 Å². The molecule has 0 aromatic heterocycles. The molecule has 0 aliphatic heterocycles. The van der Waals surface area contributed by atoms with Crippen molar-refractivity contribution < 1.29 is 9.53 Å². The van der Waals surface area contributed by atoms with E-state index in [4.69, 9.17) is 0 Å². The SMILES string of the molecule is COC(=O)CC(C)(C)NN(C)C. The van der Waals surface area contributed by atoms with E-state index in [2.05, 4.69) is 10.2 Å². The third-order valence-corrected chi connectivity index (χ3v) is 1.34. The number of carbonyl (C=O) groups is 1. The van der Waals surface area contributed by atoms with Crippen LogP contribution in [-0.4, -0.2) is 37.7 Å². The number of rotatable bonds is 4. The van der Waals surface area contributed by atoms with Gasteiger partial charge in [0.25, 0.3) is 0 Å². The second kappa shape index (κ2) is 4.42. The van der Waals surface area contributed by atoms with Crippen molar-refractivity contribution in [3.8, 4) is 0 Å². The molecule has 4 heteroatoms. The Morgan fingerprint density at radius 2 is 2.00 bits per heavy atom. The van der Waals surface area contributed by atoms with Crippen LogP contribution >= 0.6 is 0 Å². The first-order valence-electron chi connectivity index (χ1n) is 3.89. The molecule has 0 aliphatic carbocycles. The van der Waals surface area contributed by atoms with Gasteiger partial charge in [0.15, 0.2) is 0 Å². The van der Waals surface area contributed by atoms with Crippen LogP contribution in [0.4, 0.5) is 0 Å². The van der Waals surface area contributed by atoms with Gasteiger partial charge in [0.2, 0.25) is 0 Å². The second-order valence-corrected chi connectivity index (χ2v) is 3.64. The Morgan fingerprint density at radius 1 is 1.50 bits per heavy atom. The average Bonchev–Trinajstić information content (AvgIpc) is 1.83. The summed E-state index contributed by atoms with van der Waals surface area (Å²) in [6, 6.07) is 0. The standard InChI is InChI=1S/C8H18N2O2/c1-8(2,9-10(3)4)6-7(11)12-5/h9H,6H2,1-5H3. The van der Waals surface area contributed by atoms with Crippen molar-refractivity contribution in [2.45, 2.75) is 25.8 Å². The van der Waals surface area contributed by atoms with Crippen LogP contribution in [0.5, 0.6) is 0 Å². The molecule has 72 valence electrons. The van der Waals surface area contributed by atoms with E-state index in [-0.39, 0.29) is 11.5 Å². The van der Waals surface area contributed by atoms with Gasteiger partial charge >= 0.3 is 5.97 Å². The summed E-state index contributed by atoms with van der Waals surface area (Å²) in [5.41, 5.74) is 2.86. The lowest BCUT2D eigenvalue weighted by molar-refractivity contribution is -0.142. The summed E-state index contributed by atoms with van der Waals surface area (Å²) in [7, 11) is 5.17. The number of nitrogens with zero attached hydrogens (tertiary/aromatic N) is 1. The lowest BCUT2D eigenvalue weighted by Gasteiger charge is -2.28. The largest absolute Gasteiger partial charge is 0.469 e. The zero-order valence-electron chi connectivity index (χ0n) is 8.47. The molecule has 12 heavy (non-hydrogen) atoms. The van der Waals surface area contributed by atoms with Crippen LogP contribution in [0.3, 0.4) is 0 Å². The summed E-state index contributed by atoms with van der Waals surface area (Å²) in [4.78, 5) is 10.9. The van der Waals surface area contributed by atoms with Gasteiger partial charge in [-0.25, -0.2) is 5.43 Å². The number of esters is 1. The Hall–Kier alpha value is -0.610. The van der Waals surface area contributed by atoms with Gasteiger partial charge in [-0.2, -0.15) is 0 Å². The van der Waals surface area contributed by atoms with E-state index in [1.807, 2.05) is 33.0 Å². The Kier molecular flexibility index (Phi) is 4.20. The molecule has 0 spiro atoms. The molecule has 4 nitrogen and oxygen atoms in total. The zero-order valence-corrected chi connectivity index (χ0v) is 8.47. The van der Waals surface area contributed by atoms with Gasteiger partial charge in [0.05, 0.1) is 13.5 Å². The molecule has 0 aliphatic rings. The molecule has 0 bridgehead atoms. The van der Waals surface area contributed by atoms with Crippen molar-refractivity contribution >= 4 is 5.97 Å².